The van der Waals surface area contributed by atoms with E-state index < -0.39 is 11.7 Å². The van der Waals surface area contributed by atoms with Crippen molar-refractivity contribution in [1.29, 1.82) is 0 Å². The first kappa shape index (κ1) is 12.4. The van der Waals surface area contributed by atoms with Crippen LogP contribution >= 0.6 is 0 Å². The summed E-state index contributed by atoms with van der Waals surface area (Å²) in [6.07, 6.45) is -0.442. The van der Waals surface area contributed by atoms with Gasteiger partial charge in [-0.2, -0.15) is 0 Å². The zero-order valence-corrected chi connectivity index (χ0v) is 10.8. The van der Waals surface area contributed by atoms with Crippen molar-refractivity contribution in [2.45, 2.75) is 32.9 Å². The summed E-state index contributed by atoms with van der Waals surface area (Å²) in [5, 5.41) is 2.66. The van der Waals surface area contributed by atoms with Crippen molar-refractivity contribution in [3.63, 3.8) is 0 Å². The smallest absolute Gasteiger partial charge is 0.408 e. The number of benzene rings is 1. The second-order valence-electron chi connectivity index (χ2n) is 5.06. The Bertz CT molecular complexity index is 531. The minimum atomic E-state index is -0.488. The molecule has 0 spiro atoms. The van der Waals surface area contributed by atoms with Crippen molar-refractivity contribution in [3.05, 3.63) is 30.1 Å². The van der Waals surface area contributed by atoms with Crippen LogP contribution in [0.4, 0.5) is 4.79 Å². The lowest BCUT2D eigenvalue weighted by Gasteiger charge is -2.19. The van der Waals surface area contributed by atoms with Crippen LogP contribution in [0.1, 0.15) is 29.4 Å². The number of rotatable bonds is 2. The normalized spacial score (nSPS) is 11.5. The van der Waals surface area contributed by atoms with Gasteiger partial charge in [-0.05, 0) is 32.9 Å². The molecule has 0 saturated carbocycles. The van der Waals surface area contributed by atoms with Crippen molar-refractivity contribution < 1.29 is 12.4 Å². The SMILES string of the molecule is CC(C)(C)OC(=O)NCc1nc2ccccc2[nH]1.[HH].[HH]. The molecule has 2 aromatic rings. The maximum absolute atomic E-state index is 11.5. The van der Waals surface area contributed by atoms with Gasteiger partial charge >= 0.3 is 6.09 Å². The highest BCUT2D eigenvalue weighted by Gasteiger charge is 2.16. The average molecular weight is 251 g/mol. The highest BCUT2D eigenvalue weighted by Crippen LogP contribution is 2.10. The molecule has 0 fully saturated rings. The summed E-state index contributed by atoms with van der Waals surface area (Å²) in [6, 6.07) is 7.72. The zero-order valence-electron chi connectivity index (χ0n) is 10.8. The number of hydrogen-bond donors (Lipinski definition) is 2. The molecule has 0 atom stereocenters. The highest BCUT2D eigenvalue weighted by molar-refractivity contribution is 5.75. The number of aromatic nitrogens is 2. The topological polar surface area (TPSA) is 67.0 Å². The van der Waals surface area contributed by atoms with E-state index in [0.717, 1.165) is 11.0 Å². The number of para-hydroxylation sites is 2. The second-order valence-corrected chi connectivity index (χ2v) is 5.06. The molecular formula is C13H21N3O2. The number of nitrogens with one attached hydrogen (secondary N) is 2. The van der Waals surface area contributed by atoms with E-state index in [-0.39, 0.29) is 2.85 Å². The number of ether oxygens (including phenoxy) is 1. The quantitative estimate of drug-likeness (QED) is 0.862. The van der Waals surface area contributed by atoms with Crippen LogP contribution in [0, 0.1) is 0 Å². The van der Waals surface area contributed by atoms with Gasteiger partial charge in [0.25, 0.3) is 0 Å². The number of nitrogens with zero attached hydrogens (tertiary/aromatic N) is 1. The first-order chi connectivity index (χ1) is 8.44. The number of amides is 1. The molecule has 18 heavy (non-hydrogen) atoms. The van der Waals surface area contributed by atoms with Crippen molar-refractivity contribution in [2.24, 2.45) is 0 Å². The van der Waals surface area contributed by atoms with Gasteiger partial charge in [-0.1, -0.05) is 12.1 Å². The molecule has 2 N–H and O–H groups in total. The van der Waals surface area contributed by atoms with Crippen LogP contribution in [0.15, 0.2) is 24.3 Å². The van der Waals surface area contributed by atoms with E-state index in [0.29, 0.717) is 12.4 Å². The van der Waals surface area contributed by atoms with E-state index in [1.165, 1.54) is 0 Å². The van der Waals surface area contributed by atoms with Gasteiger partial charge in [0.1, 0.15) is 11.4 Å². The Morgan fingerprint density at radius 1 is 1.44 bits per heavy atom. The van der Waals surface area contributed by atoms with Crippen LogP contribution in [0.25, 0.3) is 11.0 Å². The van der Waals surface area contributed by atoms with Gasteiger partial charge in [-0.25, -0.2) is 9.78 Å². The number of alkyl carbamates (subject to hydrolysis) is 1. The number of fused-ring (bicyclic) bond motifs is 1. The Morgan fingerprint density at radius 2 is 2.17 bits per heavy atom. The third-order valence-electron chi connectivity index (χ3n) is 2.24. The summed E-state index contributed by atoms with van der Waals surface area (Å²) >= 11 is 0. The Labute approximate surface area is 109 Å². The summed E-state index contributed by atoms with van der Waals surface area (Å²) in [6.45, 7) is 5.80. The molecule has 1 aromatic carbocycles. The molecule has 5 nitrogen and oxygen atoms in total. The molecule has 1 aromatic heterocycles. The van der Waals surface area contributed by atoms with Crippen molar-refractivity contribution in [1.82, 2.24) is 15.3 Å². The van der Waals surface area contributed by atoms with Crippen LogP contribution < -0.4 is 5.32 Å². The molecule has 100 valence electrons. The Balaban J connectivity index is 0.00000180. The van der Waals surface area contributed by atoms with E-state index in [1.807, 2.05) is 45.0 Å². The van der Waals surface area contributed by atoms with Crippen molar-refractivity contribution in [2.75, 3.05) is 0 Å². The maximum Gasteiger partial charge on any atom is 0.408 e. The standard InChI is InChI=1S/C13H17N3O2.2H2/c1-13(2,3)18-12(17)14-8-11-15-9-6-4-5-7-10(9)16-11;;/h4-7H,8H2,1-3H3,(H,14,17)(H,15,16);2*1H. The minimum Gasteiger partial charge on any atom is -0.444 e. The van der Waals surface area contributed by atoms with Gasteiger partial charge in [0.15, 0.2) is 0 Å². The summed E-state index contributed by atoms with van der Waals surface area (Å²) in [4.78, 5) is 19.0. The van der Waals surface area contributed by atoms with Crippen LogP contribution in [0.3, 0.4) is 0 Å². The lowest BCUT2D eigenvalue weighted by molar-refractivity contribution is 0.0522. The van der Waals surface area contributed by atoms with Gasteiger partial charge in [0.2, 0.25) is 0 Å². The minimum absolute atomic E-state index is 0. The average Bonchev–Trinajstić information content (AvgIpc) is 2.66. The second kappa shape index (κ2) is 4.68. The summed E-state index contributed by atoms with van der Waals surface area (Å²) in [5.74, 6) is 0.710. The zero-order chi connectivity index (χ0) is 13.2. The number of H-pyrrole nitrogens is 1. The predicted octanol–water partition coefficient (Wildman–Crippen LogP) is 3.08. The molecule has 0 aliphatic rings. The van der Waals surface area contributed by atoms with Crippen molar-refractivity contribution in [3.8, 4) is 0 Å². The van der Waals surface area contributed by atoms with Gasteiger partial charge < -0.3 is 15.0 Å². The van der Waals surface area contributed by atoms with E-state index >= 15 is 0 Å². The highest BCUT2D eigenvalue weighted by atomic mass is 16.6. The number of carbonyl (C=O) groups is 1. The maximum atomic E-state index is 11.5. The molecule has 0 radical (unpaired) electrons. The molecule has 0 bridgehead atoms. The Morgan fingerprint density at radius 3 is 2.83 bits per heavy atom. The van der Waals surface area contributed by atoms with Crippen LogP contribution in [0.5, 0.6) is 0 Å². The first-order valence-corrected chi connectivity index (χ1v) is 5.84. The molecule has 0 saturated heterocycles. The van der Waals surface area contributed by atoms with Gasteiger partial charge in [0.05, 0.1) is 17.6 Å². The van der Waals surface area contributed by atoms with E-state index in [9.17, 15) is 4.79 Å². The Hall–Kier alpha value is -2.04. The summed E-state index contributed by atoms with van der Waals surface area (Å²) in [7, 11) is 0. The number of imidazole rings is 1. The summed E-state index contributed by atoms with van der Waals surface area (Å²) in [5.41, 5.74) is 1.36. The molecule has 0 aliphatic heterocycles. The third kappa shape index (κ3) is 3.23. The first-order valence-electron chi connectivity index (χ1n) is 5.84. The third-order valence-corrected chi connectivity index (χ3v) is 2.24. The molecule has 0 unspecified atom stereocenters. The van der Waals surface area contributed by atoms with E-state index in [1.54, 1.807) is 0 Å². The fourth-order valence-electron chi connectivity index (χ4n) is 1.56. The number of hydrogen-bond acceptors (Lipinski definition) is 3. The van der Waals surface area contributed by atoms with Gasteiger partial charge in [-0.15, -0.1) is 0 Å². The molecule has 2 rings (SSSR count). The molecule has 5 heteroatoms. The molecular weight excluding hydrogens is 230 g/mol. The van der Waals surface area contributed by atoms with Gasteiger partial charge in [-0.3, -0.25) is 0 Å². The van der Waals surface area contributed by atoms with E-state index in [4.69, 9.17) is 4.74 Å². The van der Waals surface area contributed by atoms with E-state index in [2.05, 4.69) is 15.3 Å². The molecule has 1 heterocycles. The monoisotopic (exact) mass is 251 g/mol. The number of carbonyl (C=O) groups excluding carboxylic acids is 1. The lowest BCUT2D eigenvalue weighted by Crippen LogP contribution is -2.32. The van der Waals surface area contributed by atoms with Crippen LogP contribution in [0.2, 0.25) is 0 Å². The van der Waals surface area contributed by atoms with Crippen molar-refractivity contribution >= 4 is 17.1 Å². The molecule has 0 aliphatic carbocycles. The van der Waals surface area contributed by atoms with Gasteiger partial charge in [0, 0.05) is 2.85 Å². The lowest BCUT2D eigenvalue weighted by atomic mass is 10.2. The number of aromatic amines is 1. The largest absolute Gasteiger partial charge is 0.444 e. The predicted molar refractivity (Wildman–Crippen MR) is 73.4 cm³/mol. The molecule has 1 amide bonds. The van der Waals surface area contributed by atoms with Crippen LogP contribution in [-0.2, 0) is 11.3 Å². The van der Waals surface area contributed by atoms with Crippen LogP contribution in [-0.4, -0.2) is 21.7 Å². The fraction of sp³-hybridized carbons (Fsp3) is 0.385. The Kier molecular flexibility index (Phi) is 3.23. The summed E-state index contributed by atoms with van der Waals surface area (Å²) < 4.78 is 5.14. The fourth-order valence-corrected chi connectivity index (χ4v) is 1.56.